The lowest BCUT2D eigenvalue weighted by Crippen LogP contribution is -2.54. The number of halogens is 3. The van der Waals surface area contributed by atoms with Crippen molar-refractivity contribution in [3.05, 3.63) is 53.6 Å². The molecule has 9 atom stereocenters. The first-order chi connectivity index (χ1) is 27.8. The van der Waals surface area contributed by atoms with Crippen molar-refractivity contribution in [2.45, 2.75) is 109 Å². The van der Waals surface area contributed by atoms with Gasteiger partial charge in [0, 0.05) is 42.5 Å². The van der Waals surface area contributed by atoms with Gasteiger partial charge >= 0.3 is 0 Å². The smallest absolute Gasteiger partial charge is 0.245 e. The number of hydrogen-bond acceptors (Lipinski definition) is 7. The monoisotopic (exact) mass is 805 g/mol. The molecule has 2 aliphatic heterocycles. The first-order valence-corrected chi connectivity index (χ1v) is 20.4. The van der Waals surface area contributed by atoms with Crippen molar-refractivity contribution in [3.63, 3.8) is 0 Å². The fraction of sp³-hybridized carbons (Fsp3) is 0.548. The lowest BCUT2D eigenvalue weighted by molar-refractivity contribution is -0.138. The molecule has 2 aromatic carbocycles. The summed E-state index contributed by atoms with van der Waals surface area (Å²) in [5.41, 5.74) is 2.68. The molecule has 13 nitrogen and oxygen atoms in total. The number of nitrogens with zero attached hydrogens (tertiary/aromatic N) is 4. The normalized spacial score (nSPS) is 23.5. The number of fused-ring (bicyclic) bond motifs is 3. The Hall–Kier alpha value is -4.96. The number of carbonyl (C=O) groups excluding carboxylic acids is 4. The molecule has 4 amide bonds. The molecule has 2 saturated heterocycles. The van der Waals surface area contributed by atoms with E-state index in [4.69, 9.17) is 4.98 Å². The number of carbonyl (C=O) groups is 4. The van der Waals surface area contributed by atoms with E-state index in [0.717, 1.165) is 6.42 Å². The fourth-order valence-electron chi connectivity index (χ4n) is 8.85. The molecule has 2 aromatic heterocycles. The van der Waals surface area contributed by atoms with Gasteiger partial charge in [0.15, 0.2) is 5.82 Å². The molecule has 0 radical (unpaired) electrons. The maximum absolute atomic E-state index is 15.4. The first-order valence-electron chi connectivity index (χ1n) is 20.4. The molecule has 312 valence electrons. The van der Waals surface area contributed by atoms with Crippen molar-refractivity contribution in [2.24, 2.45) is 11.8 Å². The van der Waals surface area contributed by atoms with Crippen LogP contribution in [0.2, 0.25) is 0 Å². The van der Waals surface area contributed by atoms with Crippen LogP contribution in [0.5, 0.6) is 0 Å². The van der Waals surface area contributed by atoms with Crippen LogP contribution in [-0.4, -0.2) is 118 Å². The Kier molecular flexibility index (Phi) is 11.9. The molecule has 4 aromatic rings. The summed E-state index contributed by atoms with van der Waals surface area (Å²) in [5, 5.41) is 12.2. The van der Waals surface area contributed by atoms with E-state index >= 15 is 4.39 Å². The lowest BCUT2D eigenvalue weighted by atomic mass is 9.99. The molecule has 0 bridgehead atoms. The predicted molar refractivity (Wildman–Crippen MR) is 214 cm³/mol. The summed E-state index contributed by atoms with van der Waals surface area (Å²) in [6.45, 7) is 7.80. The van der Waals surface area contributed by atoms with Crippen LogP contribution in [-0.2, 0) is 32.1 Å². The van der Waals surface area contributed by atoms with Gasteiger partial charge in [-0.15, -0.1) is 0 Å². The van der Waals surface area contributed by atoms with E-state index < -0.39 is 48.0 Å². The summed E-state index contributed by atoms with van der Waals surface area (Å²) in [4.78, 5) is 65.5. The van der Waals surface area contributed by atoms with Crippen LogP contribution in [0.4, 0.5) is 13.2 Å². The van der Waals surface area contributed by atoms with E-state index in [1.54, 1.807) is 47.0 Å². The summed E-state index contributed by atoms with van der Waals surface area (Å²) < 4.78 is 46.9. The second kappa shape index (κ2) is 16.7. The summed E-state index contributed by atoms with van der Waals surface area (Å²) in [6.07, 6.45) is 0.611. The van der Waals surface area contributed by atoms with E-state index in [1.807, 2.05) is 16.4 Å². The zero-order valence-electron chi connectivity index (χ0n) is 33.9. The van der Waals surface area contributed by atoms with Gasteiger partial charge in [-0.1, -0.05) is 13.8 Å². The second-order valence-corrected chi connectivity index (χ2v) is 16.2. The van der Waals surface area contributed by atoms with Crippen molar-refractivity contribution in [1.29, 1.82) is 0 Å². The Bertz CT molecular complexity index is 2210. The summed E-state index contributed by atoms with van der Waals surface area (Å²) in [7, 11) is 3.33. The summed E-state index contributed by atoms with van der Waals surface area (Å²) in [5.74, 6) is -1.13. The maximum Gasteiger partial charge on any atom is 0.245 e. The number of likely N-dealkylation sites (N-methyl/N-ethyl adjacent to an activating group) is 2. The number of rotatable bonds is 15. The average molecular weight is 806 g/mol. The quantitative estimate of drug-likeness (QED) is 0.123. The summed E-state index contributed by atoms with van der Waals surface area (Å²) in [6, 6.07) is 5.29. The van der Waals surface area contributed by atoms with Crippen LogP contribution in [0, 0.1) is 23.5 Å². The van der Waals surface area contributed by atoms with Crippen LogP contribution < -0.4 is 21.3 Å². The molecular weight excluding hydrogens is 752 g/mol. The Morgan fingerprint density at radius 3 is 2.12 bits per heavy atom. The van der Waals surface area contributed by atoms with Crippen LogP contribution in [0.25, 0.3) is 33.5 Å². The standard InChI is InChI=1S/C42H54F3N9O4/c1-7-31(50-39(55)21(3)46-5)41(57)52-19-26(45)14-27(52)17-30-28-11-9-24(43)15-33(28)48-37(30)38-49-34-16-25(44)10-12-35(34)53(38)20-36-29-13-23(29)18-54(36)42(58)32(8-2)51-40(56)22(4)47-6/h9-12,15-16,21-23,26-27,29,31-32,36,46-48H,7-8,13-14,17-20H2,1-6H3,(H,50,55)(H,51,56)/t21?,22?,23-,26?,27?,29?,31?,32?,36?/m1/s1. The molecular formula is C42H54F3N9O4. The Morgan fingerprint density at radius 2 is 1.48 bits per heavy atom. The van der Waals surface area contributed by atoms with Crippen molar-refractivity contribution in [1.82, 2.24) is 45.6 Å². The fourth-order valence-corrected chi connectivity index (χ4v) is 8.85. The number of nitrogens with one attached hydrogen (secondary N) is 5. The van der Waals surface area contributed by atoms with Crippen LogP contribution >= 0.6 is 0 Å². The van der Waals surface area contributed by atoms with Gasteiger partial charge in [-0.25, -0.2) is 18.2 Å². The van der Waals surface area contributed by atoms with Gasteiger partial charge < -0.3 is 40.6 Å². The third-order valence-electron chi connectivity index (χ3n) is 12.5. The van der Waals surface area contributed by atoms with Crippen LogP contribution in [0.3, 0.4) is 0 Å². The molecule has 3 aliphatic rings. The minimum atomic E-state index is -1.30. The number of hydrogen-bond donors (Lipinski definition) is 5. The number of imidazole rings is 1. The molecule has 8 unspecified atom stereocenters. The van der Waals surface area contributed by atoms with Gasteiger partial charge in [-0.2, -0.15) is 0 Å². The highest BCUT2D eigenvalue weighted by molar-refractivity contribution is 5.93. The highest BCUT2D eigenvalue weighted by atomic mass is 19.1. The maximum atomic E-state index is 15.4. The van der Waals surface area contributed by atoms with Crippen molar-refractivity contribution >= 4 is 45.6 Å². The topological polar surface area (TPSA) is 156 Å². The molecule has 1 saturated carbocycles. The van der Waals surface area contributed by atoms with Crippen molar-refractivity contribution in [2.75, 3.05) is 27.2 Å². The Morgan fingerprint density at radius 1 is 0.862 bits per heavy atom. The molecule has 0 spiro atoms. The Labute approximate surface area is 335 Å². The van der Waals surface area contributed by atoms with E-state index in [9.17, 15) is 28.0 Å². The summed E-state index contributed by atoms with van der Waals surface area (Å²) >= 11 is 0. The Balaban J connectivity index is 1.26. The molecule has 7 rings (SSSR count). The highest BCUT2D eigenvalue weighted by Gasteiger charge is 2.55. The number of aromatic nitrogens is 3. The SMILES string of the molecule is CCC(NC(=O)C(C)NC)C(=O)N1CC(F)CC1Cc1c(-c2nc3cc(F)ccc3n2CC2C3C[C@@H]3CN2C(=O)C(CC)NC(=O)C(C)NC)[nH]c2cc(F)ccc12. The highest BCUT2D eigenvalue weighted by Crippen LogP contribution is 2.51. The van der Waals surface area contributed by atoms with E-state index in [1.165, 1.54) is 29.2 Å². The molecule has 5 N–H and O–H groups in total. The zero-order chi connectivity index (χ0) is 41.6. The third kappa shape index (κ3) is 7.92. The van der Waals surface area contributed by atoms with Crippen LogP contribution in [0.1, 0.15) is 58.9 Å². The van der Waals surface area contributed by atoms with Crippen LogP contribution in [0.15, 0.2) is 36.4 Å². The van der Waals surface area contributed by atoms with Gasteiger partial charge in [0.2, 0.25) is 23.6 Å². The molecule has 3 fully saturated rings. The van der Waals surface area contributed by atoms with E-state index in [0.29, 0.717) is 70.9 Å². The van der Waals surface area contributed by atoms with E-state index in [2.05, 4.69) is 26.3 Å². The first kappa shape index (κ1) is 41.2. The largest absolute Gasteiger partial charge is 0.352 e. The molecule has 1 aliphatic carbocycles. The van der Waals surface area contributed by atoms with Crippen molar-refractivity contribution < 1.29 is 32.3 Å². The number of aromatic amines is 1. The van der Waals surface area contributed by atoms with Gasteiger partial charge in [0.25, 0.3) is 0 Å². The number of H-pyrrole nitrogens is 1. The van der Waals surface area contributed by atoms with Gasteiger partial charge in [0.1, 0.15) is 29.9 Å². The zero-order valence-corrected chi connectivity index (χ0v) is 33.9. The van der Waals surface area contributed by atoms with Gasteiger partial charge in [-0.05, 0) is 101 Å². The average Bonchev–Trinajstić information content (AvgIpc) is 3.43. The van der Waals surface area contributed by atoms with E-state index in [-0.39, 0.29) is 55.0 Å². The number of amides is 4. The number of piperidine rings is 1. The second-order valence-electron chi connectivity index (χ2n) is 16.2. The minimum Gasteiger partial charge on any atom is -0.352 e. The number of alkyl halides is 1. The number of benzene rings is 2. The minimum absolute atomic E-state index is 0.0580. The molecule has 58 heavy (non-hydrogen) atoms. The third-order valence-corrected chi connectivity index (χ3v) is 12.5. The lowest BCUT2D eigenvalue weighted by Gasteiger charge is -2.32. The van der Waals surface area contributed by atoms with Gasteiger partial charge in [-0.3, -0.25) is 19.2 Å². The molecule has 16 heteroatoms. The van der Waals surface area contributed by atoms with Crippen molar-refractivity contribution in [3.8, 4) is 11.5 Å². The van der Waals surface area contributed by atoms with Gasteiger partial charge in [0.05, 0.1) is 41.4 Å². The molecule has 4 heterocycles. The predicted octanol–water partition coefficient (Wildman–Crippen LogP) is 3.80. The number of likely N-dealkylation sites (tertiary alicyclic amines) is 2.